The van der Waals surface area contributed by atoms with E-state index in [1.807, 2.05) is 18.2 Å². The van der Waals surface area contributed by atoms with Crippen molar-refractivity contribution in [3.63, 3.8) is 0 Å². The van der Waals surface area contributed by atoms with Crippen LogP contribution in [-0.2, 0) is 11.2 Å². The normalized spacial score (nSPS) is 16.6. The van der Waals surface area contributed by atoms with Crippen LogP contribution in [-0.4, -0.2) is 53.5 Å². The van der Waals surface area contributed by atoms with Crippen molar-refractivity contribution in [1.29, 1.82) is 0 Å². The Balaban J connectivity index is 1.71. The number of hydrogen-bond acceptors (Lipinski definition) is 3. The highest BCUT2D eigenvalue weighted by Gasteiger charge is 2.11. The number of aromatic nitrogens is 1. The lowest BCUT2D eigenvalue weighted by Gasteiger charge is -2.26. The molecule has 1 aromatic carbocycles. The smallest absolute Gasteiger partial charge is 0.415 e. The maximum atomic E-state index is 11.0. The van der Waals surface area contributed by atoms with E-state index in [1.54, 1.807) is 6.20 Å². The number of carboxylic acid groups (broad SMARTS) is 1. The predicted octanol–water partition coefficient (Wildman–Crippen LogP) is 2.04. The van der Waals surface area contributed by atoms with Crippen LogP contribution in [0.3, 0.4) is 0 Å². The molecule has 0 aliphatic carbocycles. The highest BCUT2D eigenvalue weighted by molar-refractivity contribution is 5.89. The summed E-state index contributed by atoms with van der Waals surface area (Å²) in [5.74, 6) is 0. The van der Waals surface area contributed by atoms with Crippen LogP contribution in [0.15, 0.2) is 30.5 Å². The lowest BCUT2D eigenvalue weighted by Crippen LogP contribution is -2.37. The molecule has 0 bridgehead atoms. The molecule has 106 valence electrons. The van der Waals surface area contributed by atoms with Gasteiger partial charge in [-0.15, -0.1) is 0 Å². The summed E-state index contributed by atoms with van der Waals surface area (Å²) < 4.78 is 6.59. The Morgan fingerprint density at radius 1 is 1.25 bits per heavy atom. The zero-order chi connectivity index (χ0) is 13.9. The fourth-order valence-corrected chi connectivity index (χ4v) is 2.63. The molecule has 1 fully saturated rings. The van der Waals surface area contributed by atoms with E-state index in [4.69, 9.17) is 9.84 Å². The molecule has 0 spiro atoms. The molecule has 5 nitrogen and oxygen atoms in total. The molecule has 0 saturated carbocycles. The van der Waals surface area contributed by atoms with Gasteiger partial charge in [-0.3, -0.25) is 9.47 Å². The van der Waals surface area contributed by atoms with Crippen LogP contribution >= 0.6 is 0 Å². The molecule has 1 aliphatic heterocycles. The second kappa shape index (κ2) is 5.64. The van der Waals surface area contributed by atoms with Gasteiger partial charge in [0.25, 0.3) is 0 Å². The van der Waals surface area contributed by atoms with Gasteiger partial charge in [-0.1, -0.05) is 6.07 Å². The summed E-state index contributed by atoms with van der Waals surface area (Å²) in [6.07, 6.45) is 1.63. The molecule has 1 N–H and O–H groups in total. The van der Waals surface area contributed by atoms with E-state index in [-0.39, 0.29) is 0 Å². The molecule has 1 aliphatic rings. The molecular formula is C15H18N2O3. The van der Waals surface area contributed by atoms with Crippen LogP contribution < -0.4 is 0 Å². The fraction of sp³-hybridized carbons (Fsp3) is 0.400. The molecule has 1 aromatic heterocycles. The molecule has 3 rings (SSSR count). The Morgan fingerprint density at radius 2 is 2.05 bits per heavy atom. The summed E-state index contributed by atoms with van der Waals surface area (Å²) in [5, 5.41) is 10.0. The number of carbonyl (C=O) groups is 1. The Labute approximate surface area is 117 Å². The summed E-state index contributed by atoms with van der Waals surface area (Å²) in [4.78, 5) is 13.4. The summed E-state index contributed by atoms with van der Waals surface area (Å²) in [7, 11) is 0. The third kappa shape index (κ3) is 2.69. The SMILES string of the molecule is O=C(O)n1ccc2cc(CCN3CCOCC3)ccc21. The van der Waals surface area contributed by atoms with Gasteiger partial charge in [0, 0.05) is 31.2 Å². The van der Waals surface area contributed by atoms with Gasteiger partial charge in [-0.2, -0.15) is 0 Å². The number of rotatable bonds is 3. The second-order valence-electron chi connectivity index (χ2n) is 5.07. The summed E-state index contributed by atoms with van der Waals surface area (Å²) in [6.45, 7) is 4.66. The van der Waals surface area contributed by atoms with E-state index in [0.717, 1.165) is 50.2 Å². The van der Waals surface area contributed by atoms with E-state index in [9.17, 15) is 4.79 Å². The van der Waals surface area contributed by atoms with Crippen molar-refractivity contribution >= 4 is 17.0 Å². The molecule has 0 unspecified atom stereocenters. The molecule has 0 radical (unpaired) electrons. The van der Waals surface area contributed by atoms with Gasteiger partial charge in [-0.25, -0.2) is 4.79 Å². The first-order valence-corrected chi connectivity index (χ1v) is 6.87. The Bertz CT molecular complexity index is 615. The maximum absolute atomic E-state index is 11.0. The molecule has 2 heterocycles. The minimum atomic E-state index is -0.943. The van der Waals surface area contributed by atoms with E-state index in [2.05, 4.69) is 11.0 Å². The van der Waals surface area contributed by atoms with E-state index in [1.165, 1.54) is 10.1 Å². The quantitative estimate of drug-likeness (QED) is 0.930. The second-order valence-corrected chi connectivity index (χ2v) is 5.07. The topological polar surface area (TPSA) is 54.7 Å². The van der Waals surface area contributed by atoms with Gasteiger partial charge in [0.15, 0.2) is 0 Å². The minimum absolute atomic E-state index is 0.743. The monoisotopic (exact) mass is 274 g/mol. The first-order chi connectivity index (χ1) is 9.74. The number of fused-ring (bicyclic) bond motifs is 1. The Morgan fingerprint density at radius 3 is 2.80 bits per heavy atom. The van der Waals surface area contributed by atoms with Gasteiger partial charge in [0.1, 0.15) is 0 Å². The van der Waals surface area contributed by atoms with Gasteiger partial charge in [0.2, 0.25) is 0 Å². The number of hydrogen-bond donors (Lipinski definition) is 1. The third-order valence-corrected chi connectivity index (χ3v) is 3.78. The Kier molecular flexibility index (Phi) is 3.71. The lowest BCUT2D eigenvalue weighted by molar-refractivity contribution is 0.0384. The third-order valence-electron chi connectivity index (χ3n) is 3.78. The molecule has 2 aromatic rings. The average Bonchev–Trinajstić information content (AvgIpc) is 2.89. The van der Waals surface area contributed by atoms with Gasteiger partial charge < -0.3 is 9.84 Å². The zero-order valence-electron chi connectivity index (χ0n) is 11.3. The molecule has 0 amide bonds. The van der Waals surface area contributed by atoms with Crippen LogP contribution in [0.5, 0.6) is 0 Å². The average molecular weight is 274 g/mol. The highest BCUT2D eigenvalue weighted by Crippen LogP contribution is 2.18. The molecule has 5 heteroatoms. The summed E-state index contributed by atoms with van der Waals surface area (Å²) in [6, 6.07) is 7.83. The maximum Gasteiger partial charge on any atom is 0.415 e. The van der Waals surface area contributed by atoms with Crippen molar-refractivity contribution in [2.45, 2.75) is 6.42 Å². The van der Waals surface area contributed by atoms with E-state index >= 15 is 0 Å². The van der Waals surface area contributed by atoms with Crippen LogP contribution in [0, 0.1) is 0 Å². The number of morpholine rings is 1. The minimum Gasteiger partial charge on any atom is -0.464 e. The van der Waals surface area contributed by atoms with Crippen molar-refractivity contribution in [3.8, 4) is 0 Å². The number of nitrogens with zero attached hydrogens (tertiary/aromatic N) is 2. The van der Waals surface area contributed by atoms with E-state index < -0.39 is 6.09 Å². The highest BCUT2D eigenvalue weighted by atomic mass is 16.5. The molecule has 1 saturated heterocycles. The van der Waals surface area contributed by atoms with Crippen molar-refractivity contribution in [2.24, 2.45) is 0 Å². The molecule has 20 heavy (non-hydrogen) atoms. The molecule has 0 atom stereocenters. The summed E-state index contributed by atoms with van der Waals surface area (Å²) >= 11 is 0. The number of ether oxygens (including phenoxy) is 1. The van der Waals surface area contributed by atoms with Crippen LogP contribution in [0.1, 0.15) is 5.56 Å². The fourth-order valence-electron chi connectivity index (χ4n) is 2.63. The van der Waals surface area contributed by atoms with E-state index in [0.29, 0.717) is 0 Å². The van der Waals surface area contributed by atoms with Crippen LogP contribution in [0.2, 0.25) is 0 Å². The number of benzene rings is 1. The van der Waals surface area contributed by atoms with Crippen molar-refractivity contribution < 1.29 is 14.6 Å². The summed E-state index contributed by atoms with van der Waals surface area (Å²) in [5.41, 5.74) is 1.99. The van der Waals surface area contributed by atoms with Gasteiger partial charge in [-0.05, 0) is 30.2 Å². The molecular weight excluding hydrogens is 256 g/mol. The predicted molar refractivity (Wildman–Crippen MR) is 76.3 cm³/mol. The Hall–Kier alpha value is -1.85. The van der Waals surface area contributed by atoms with Gasteiger partial charge >= 0.3 is 6.09 Å². The standard InChI is InChI=1S/C15H18N2O3/c18-15(19)17-6-4-13-11-12(1-2-14(13)17)3-5-16-7-9-20-10-8-16/h1-2,4,6,11H,3,5,7-10H2,(H,18,19). The van der Waals surface area contributed by atoms with Gasteiger partial charge in [0.05, 0.1) is 18.7 Å². The van der Waals surface area contributed by atoms with Crippen molar-refractivity contribution in [1.82, 2.24) is 9.47 Å². The largest absolute Gasteiger partial charge is 0.464 e. The first kappa shape index (κ1) is 13.1. The van der Waals surface area contributed by atoms with Crippen molar-refractivity contribution in [2.75, 3.05) is 32.8 Å². The zero-order valence-corrected chi connectivity index (χ0v) is 11.3. The van der Waals surface area contributed by atoms with Crippen molar-refractivity contribution in [3.05, 3.63) is 36.0 Å². The first-order valence-electron chi connectivity index (χ1n) is 6.87. The van der Waals surface area contributed by atoms with Crippen LogP contribution in [0.25, 0.3) is 10.9 Å². The van der Waals surface area contributed by atoms with Crippen LogP contribution in [0.4, 0.5) is 4.79 Å². The lowest BCUT2D eigenvalue weighted by atomic mass is 10.1.